The van der Waals surface area contributed by atoms with E-state index in [1.54, 1.807) is 24.3 Å². The lowest BCUT2D eigenvalue weighted by Crippen LogP contribution is -2.34. The Labute approximate surface area is 109 Å². The van der Waals surface area contributed by atoms with Crippen molar-refractivity contribution in [1.82, 2.24) is 4.72 Å². The molecule has 0 heterocycles. The van der Waals surface area contributed by atoms with E-state index in [-0.39, 0.29) is 13.0 Å². The second-order valence-corrected chi connectivity index (χ2v) is 5.64. The zero-order chi connectivity index (χ0) is 14.5. The van der Waals surface area contributed by atoms with Crippen LogP contribution in [-0.2, 0) is 16.4 Å². The van der Waals surface area contributed by atoms with Gasteiger partial charge in [-0.3, -0.25) is 0 Å². The van der Waals surface area contributed by atoms with Crippen LogP contribution in [0.1, 0.15) is 5.56 Å². The Morgan fingerprint density at radius 3 is 2.47 bits per heavy atom. The molecule has 1 N–H and O–H groups in total. The molecule has 0 radical (unpaired) electrons. The molecule has 4 nitrogen and oxygen atoms in total. The molecule has 0 aliphatic carbocycles. The summed E-state index contributed by atoms with van der Waals surface area (Å²) in [6, 6.07) is 6.90. The highest BCUT2D eigenvalue weighted by Gasteiger charge is 2.34. The molecular weight excluding hydrogens is 283 g/mol. The highest BCUT2D eigenvalue weighted by molar-refractivity contribution is 7.89. The fourth-order valence-corrected chi connectivity index (χ4v) is 2.46. The van der Waals surface area contributed by atoms with Gasteiger partial charge in [-0.05, 0) is 18.1 Å². The first-order chi connectivity index (χ1) is 8.73. The van der Waals surface area contributed by atoms with Gasteiger partial charge in [0.15, 0.2) is 5.75 Å². The van der Waals surface area contributed by atoms with Gasteiger partial charge in [-0.25, -0.2) is 13.1 Å². The van der Waals surface area contributed by atoms with Gasteiger partial charge in [0.2, 0.25) is 10.0 Å². The van der Waals surface area contributed by atoms with Gasteiger partial charge in [-0.2, -0.15) is 13.2 Å². The molecule has 0 amide bonds. The Hall–Kier alpha value is -1.28. The first-order valence-electron chi connectivity index (χ1n) is 5.39. The van der Waals surface area contributed by atoms with E-state index in [0.717, 1.165) is 5.56 Å². The number of alkyl halides is 3. The van der Waals surface area contributed by atoms with Crippen LogP contribution in [0, 0.1) is 0 Å². The van der Waals surface area contributed by atoms with Gasteiger partial charge in [0.25, 0.3) is 0 Å². The van der Waals surface area contributed by atoms with Crippen molar-refractivity contribution in [2.45, 2.75) is 12.6 Å². The molecule has 0 aromatic heterocycles. The van der Waals surface area contributed by atoms with Crippen molar-refractivity contribution in [1.29, 1.82) is 0 Å². The maximum absolute atomic E-state index is 12.0. The summed E-state index contributed by atoms with van der Waals surface area (Å²) in [6.07, 6.45) is -4.49. The summed E-state index contributed by atoms with van der Waals surface area (Å²) >= 11 is 0. The summed E-state index contributed by atoms with van der Waals surface area (Å²) in [5, 5.41) is 0. The quantitative estimate of drug-likeness (QED) is 0.870. The van der Waals surface area contributed by atoms with Crippen molar-refractivity contribution in [2.75, 3.05) is 19.4 Å². The summed E-state index contributed by atoms with van der Waals surface area (Å²) < 4.78 is 65.2. The minimum Gasteiger partial charge on any atom is -0.496 e. The molecule has 108 valence electrons. The Morgan fingerprint density at radius 1 is 1.26 bits per heavy atom. The second kappa shape index (κ2) is 6.25. The highest BCUT2D eigenvalue weighted by Crippen LogP contribution is 2.18. The second-order valence-electron chi connectivity index (χ2n) is 3.83. The van der Waals surface area contributed by atoms with E-state index >= 15 is 0 Å². The molecule has 0 spiro atoms. The molecule has 0 atom stereocenters. The van der Waals surface area contributed by atoms with Gasteiger partial charge < -0.3 is 4.74 Å². The molecule has 1 rings (SSSR count). The van der Waals surface area contributed by atoms with E-state index in [2.05, 4.69) is 0 Å². The summed E-state index contributed by atoms with van der Waals surface area (Å²) in [4.78, 5) is 0. The fraction of sp³-hybridized carbons (Fsp3) is 0.455. The van der Waals surface area contributed by atoms with Crippen LogP contribution >= 0.6 is 0 Å². The van der Waals surface area contributed by atoms with Crippen LogP contribution in [-0.4, -0.2) is 34.0 Å². The summed E-state index contributed by atoms with van der Waals surface area (Å²) in [5.41, 5.74) is 0.722. The van der Waals surface area contributed by atoms with Crippen LogP contribution in [0.2, 0.25) is 0 Å². The molecule has 0 unspecified atom stereocenters. The zero-order valence-corrected chi connectivity index (χ0v) is 11.0. The molecule has 0 aliphatic heterocycles. The summed E-state index contributed by atoms with van der Waals surface area (Å²) in [7, 11) is -2.88. The van der Waals surface area contributed by atoms with Crippen LogP contribution in [0.3, 0.4) is 0 Å². The number of ether oxygens (including phenoxy) is 1. The van der Waals surface area contributed by atoms with Crippen molar-refractivity contribution in [2.24, 2.45) is 0 Å². The van der Waals surface area contributed by atoms with Crippen LogP contribution in [0.25, 0.3) is 0 Å². The third-order valence-electron chi connectivity index (χ3n) is 2.26. The lowest BCUT2D eigenvalue weighted by molar-refractivity contribution is -0.106. The normalized spacial score (nSPS) is 12.4. The number of nitrogens with one attached hydrogen (secondary N) is 1. The molecule has 0 fully saturated rings. The van der Waals surface area contributed by atoms with Gasteiger partial charge in [0, 0.05) is 6.54 Å². The van der Waals surface area contributed by atoms with Crippen LogP contribution in [0.15, 0.2) is 24.3 Å². The maximum atomic E-state index is 12.0. The number of para-hydroxylation sites is 1. The van der Waals surface area contributed by atoms with Crippen molar-refractivity contribution in [3.8, 4) is 5.75 Å². The SMILES string of the molecule is COc1ccccc1CCNS(=O)(=O)CC(F)(F)F. The van der Waals surface area contributed by atoms with E-state index in [4.69, 9.17) is 4.74 Å². The Balaban J connectivity index is 2.55. The summed E-state index contributed by atoms with van der Waals surface area (Å²) in [6.45, 7) is -0.112. The van der Waals surface area contributed by atoms with E-state index in [1.165, 1.54) is 7.11 Å². The molecule has 0 saturated carbocycles. The van der Waals surface area contributed by atoms with E-state index < -0.39 is 22.0 Å². The van der Waals surface area contributed by atoms with Crippen molar-refractivity contribution in [3.05, 3.63) is 29.8 Å². The van der Waals surface area contributed by atoms with Crippen LogP contribution in [0.5, 0.6) is 5.75 Å². The van der Waals surface area contributed by atoms with Crippen molar-refractivity contribution in [3.63, 3.8) is 0 Å². The van der Waals surface area contributed by atoms with Gasteiger partial charge in [-0.15, -0.1) is 0 Å². The Kier molecular flexibility index (Phi) is 5.19. The number of benzene rings is 1. The monoisotopic (exact) mass is 297 g/mol. The molecule has 1 aromatic rings. The first-order valence-corrected chi connectivity index (χ1v) is 7.05. The number of sulfonamides is 1. The number of hydrogen-bond donors (Lipinski definition) is 1. The molecular formula is C11H14F3NO3S. The molecule has 1 aromatic carbocycles. The molecule has 8 heteroatoms. The number of rotatable bonds is 6. The van der Waals surface area contributed by atoms with Gasteiger partial charge in [0.05, 0.1) is 7.11 Å². The highest BCUT2D eigenvalue weighted by atomic mass is 32.2. The van der Waals surface area contributed by atoms with Gasteiger partial charge in [-0.1, -0.05) is 18.2 Å². The number of halogens is 3. The van der Waals surface area contributed by atoms with Crippen LogP contribution < -0.4 is 9.46 Å². The average molecular weight is 297 g/mol. The minimum absolute atomic E-state index is 0.112. The molecule has 0 saturated heterocycles. The number of methoxy groups -OCH3 is 1. The number of hydrogen-bond acceptors (Lipinski definition) is 3. The third-order valence-corrected chi connectivity index (χ3v) is 3.61. The zero-order valence-electron chi connectivity index (χ0n) is 10.2. The molecule has 19 heavy (non-hydrogen) atoms. The largest absolute Gasteiger partial charge is 0.496 e. The first kappa shape index (κ1) is 15.8. The topological polar surface area (TPSA) is 55.4 Å². The predicted molar refractivity (Wildman–Crippen MR) is 64.5 cm³/mol. The molecule has 0 aliphatic rings. The lowest BCUT2D eigenvalue weighted by atomic mass is 10.1. The maximum Gasteiger partial charge on any atom is 0.404 e. The average Bonchev–Trinajstić information content (AvgIpc) is 2.26. The van der Waals surface area contributed by atoms with E-state index in [0.29, 0.717) is 5.75 Å². The van der Waals surface area contributed by atoms with Crippen LogP contribution in [0.4, 0.5) is 13.2 Å². The van der Waals surface area contributed by atoms with E-state index in [9.17, 15) is 21.6 Å². The van der Waals surface area contributed by atoms with Gasteiger partial charge in [0.1, 0.15) is 5.75 Å². The minimum atomic E-state index is -4.74. The summed E-state index contributed by atoms with van der Waals surface area (Å²) in [5.74, 6) is -1.30. The molecule has 0 bridgehead atoms. The Morgan fingerprint density at radius 2 is 1.89 bits per heavy atom. The lowest BCUT2D eigenvalue weighted by Gasteiger charge is -2.10. The fourth-order valence-electron chi connectivity index (χ4n) is 1.52. The smallest absolute Gasteiger partial charge is 0.404 e. The van der Waals surface area contributed by atoms with Crippen molar-refractivity contribution >= 4 is 10.0 Å². The van der Waals surface area contributed by atoms with Crippen molar-refractivity contribution < 1.29 is 26.3 Å². The van der Waals surface area contributed by atoms with Gasteiger partial charge >= 0.3 is 6.18 Å². The Bertz CT molecular complexity index is 514. The predicted octanol–water partition coefficient (Wildman–Crippen LogP) is 1.72. The van der Waals surface area contributed by atoms with E-state index in [1.807, 2.05) is 4.72 Å². The standard InChI is InChI=1S/C11H14F3NO3S/c1-18-10-5-3-2-4-9(10)6-7-15-19(16,17)8-11(12,13)14/h2-5,15H,6-8H2,1H3. The third kappa shape index (κ3) is 5.93.